The summed E-state index contributed by atoms with van der Waals surface area (Å²) in [6, 6.07) is -0.693. The van der Waals surface area contributed by atoms with Crippen LogP contribution in [0.3, 0.4) is 0 Å². The lowest BCUT2D eigenvalue weighted by Crippen LogP contribution is -2.45. The van der Waals surface area contributed by atoms with Crippen LogP contribution >= 0.6 is 0 Å². The van der Waals surface area contributed by atoms with Crippen molar-refractivity contribution in [2.45, 2.75) is 97.9 Å². The van der Waals surface area contributed by atoms with E-state index < -0.39 is 6.04 Å². The first kappa shape index (κ1) is 25.6. The molecule has 0 aromatic rings. The first-order valence-electron chi connectivity index (χ1n) is 10.8. The maximum atomic E-state index is 12.6. The quantitative estimate of drug-likeness (QED) is 0.453. The number of carbonyl (C=O) groups is 3. The number of nitrogens with zero attached hydrogens (tertiary/aromatic N) is 1. The topological polar surface area (TPSA) is 92.5 Å². The molecule has 0 aliphatic rings. The number of nitrogens with one attached hydrogen (secondary N) is 1. The van der Waals surface area contributed by atoms with Crippen LogP contribution in [0.25, 0.3) is 0 Å². The summed E-state index contributed by atoms with van der Waals surface area (Å²) < 4.78 is 0. The second-order valence-electron chi connectivity index (χ2n) is 7.34. The van der Waals surface area contributed by atoms with Crippen molar-refractivity contribution in [1.82, 2.24) is 10.2 Å². The van der Waals surface area contributed by atoms with Crippen LogP contribution < -0.4 is 11.1 Å². The van der Waals surface area contributed by atoms with Gasteiger partial charge in [0.15, 0.2) is 0 Å². The number of imide groups is 1. The highest BCUT2D eigenvalue weighted by Crippen LogP contribution is 2.13. The number of carbonyl (C=O) groups excluding carboxylic acids is 3. The third-order valence-corrected chi connectivity index (χ3v) is 4.91. The molecule has 3 N–H and O–H groups in total. The van der Waals surface area contributed by atoms with Gasteiger partial charge in [-0.05, 0) is 32.1 Å². The van der Waals surface area contributed by atoms with Crippen molar-refractivity contribution in [2.24, 2.45) is 11.7 Å². The van der Waals surface area contributed by atoms with Gasteiger partial charge in [-0.25, -0.2) is 0 Å². The van der Waals surface area contributed by atoms with Gasteiger partial charge in [-0.15, -0.1) is 0 Å². The van der Waals surface area contributed by atoms with Gasteiger partial charge < -0.3 is 10.6 Å². The molecule has 0 aliphatic carbocycles. The Morgan fingerprint density at radius 2 is 1.44 bits per heavy atom. The van der Waals surface area contributed by atoms with E-state index in [9.17, 15) is 14.4 Å². The van der Waals surface area contributed by atoms with Gasteiger partial charge in [-0.1, -0.05) is 53.4 Å². The van der Waals surface area contributed by atoms with Crippen LogP contribution in [0, 0.1) is 5.92 Å². The molecule has 0 saturated heterocycles. The zero-order chi connectivity index (χ0) is 20.7. The summed E-state index contributed by atoms with van der Waals surface area (Å²) in [7, 11) is 0. The minimum absolute atomic E-state index is 0.0922. The average Bonchev–Trinajstić information content (AvgIpc) is 2.66. The molecule has 3 amide bonds. The standard InChI is InChI=1S/C21H41N3O3/c1-5-9-12-17(8-4)20(26)23-19(25)14-13-18(22)21(27)24(15-10-6-2)16-11-7-3/h17-18H,5-16,22H2,1-4H3,(H,23,25,26)/t17?,18-/m0/s1. The lowest BCUT2D eigenvalue weighted by molar-refractivity contribution is -0.133. The number of nitrogens with two attached hydrogens (primary N) is 1. The number of amides is 3. The van der Waals surface area contributed by atoms with Gasteiger partial charge in [0.25, 0.3) is 0 Å². The highest BCUT2D eigenvalue weighted by atomic mass is 16.2. The highest BCUT2D eigenvalue weighted by molar-refractivity contribution is 5.96. The normalized spacial score (nSPS) is 13.1. The van der Waals surface area contributed by atoms with Crippen LogP contribution in [0.2, 0.25) is 0 Å². The van der Waals surface area contributed by atoms with Gasteiger partial charge in [-0.2, -0.15) is 0 Å². The number of rotatable bonds is 15. The molecule has 0 spiro atoms. The Morgan fingerprint density at radius 1 is 0.889 bits per heavy atom. The Bertz CT molecular complexity index is 432. The number of hydrogen-bond donors (Lipinski definition) is 2. The van der Waals surface area contributed by atoms with E-state index in [1.165, 1.54) is 0 Å². The maximum Gasteiger partial charge on any atom is 0.239 e. The summed E-state index contributed by atoms with van der Waals surface area (Å²) in [5.74, 6) is -0.761. The Morgan fingerprint density at radius 3 is 1.93 bits per heavy atom. The van der Waals surface area contributed by atoms with E-state index >= 15 is 0 Å². The monoisotopic (exact) mass is 383 g/mol. The van der Waals surface area contributed by atoms with Crippen LogP contribution in [-0.4, -0.2) is 41.8 Å². The lowest BCUT2D eigenvalue weighted by Gasteiger charge is -2.25. The van der Waals surface area contributed by atoms with Crippen LogP contribution in [0.15, 0.2) is 0 Å². The van der Waals surface area contributed by atoms with Crippen molar-refractivity contribution in [1.29, 1.82) is 0 Å². The van der Waals surface area contributed by atoms with E-state index in [1.54, 1.807) is 0 Å². The van der Waals surface area contributed by atoms with Gasteiger partial charge in [0.05, 0.1) is 6.04 Å². The summed E-state index contributed by atoms with van der Waals surface area (Å²) >= 11 is 0. The summed E-state index contributed by atoms with van der Waals surface area (Å²) in [6.07, 6.45) is 7.83. The second-order valence-corrected chi connectivity index (χ2v) is 7.34. The molecule has 27 heavy (non-hydrogen) atoms. The van der Waals surface area contributed by atoms with Crippen molar-refractivity contribution in [2.75, 3.05) is 13.1 Å². The fraction of sp³-hybridized carbons (Fsp3) is 0.857. The summed E-state index contributed by atoms with van der Waals surface area (Å²) in [5.41, 5.74) is 6.04. The molecule has 0 aromatic heterocycles. The molecule has 0 fully saturated rings. The smallest absolute Gasteiger partial charge is 0.239 e. The Labute approximate surface area is 165 Å². The van der Waals surface area contributed by atoms with Gasteiger partial charge in [0.1, 0.15) is 0 Å². The van der Waals surface area contributed by atoms with Crippen LogP contribution in [0.5, 0.6) is 0 Å². The molecule has 6 nitrogen and oxygen atoms in total. The van der Waals surface area contributed by atoms with Crippen molar-refractivity contribution < 1.29 is 14.4 Å². The van der Waals surface area contributed by atoms with Gasteiger partial charge in [0, 0.05) is 25.4 Å². The predicted octanol–water partition coefficient (Wildman–Crippen LogP) is 3.38. The molecule has 0 aromatic carbocycles. The molecule has 0 heterocycles. The van der Waals surface area contributed by atoms with Crippen LogP contribution in [-0.2, 0) is 14.4 Å². The summed E-state index contributed by atoms with van der Waals surface area (Å²) in [6.45, 7) is 9.65. The average molecular weight is 384 g/mol. The molecule has 0 saturated carbocycles. The molecule has 0 radical (unpaired) electrons. The number of hydrogen-bond acceptors (Lipinski definition) is 4. The van der Waals surface area contributed by atoms with E-state index in [-0.39, 0.29) is 36.5 Å². The third kappa shape index (κ3) is 11.1. The van der Waals surface area contributed by atoms with Gasteiger partial charge >= 0.3 is 0 Å². The van der Waals surface area contributed by atoms with Gasteiger partial charge in [-0.3, -0.25) is 19.7 Å². The van der Waals surface area contributed by atoms with Crippen molar-refractivity contribution in [3.05, 3.63) is 0 Å². The Hall–Kier alpha value is -1.43. The summed E-state index contributed by atoms with van der Waals surface area (Å²) in [5, 5.41) is 2.47. The molecule has 0 aliphatic heterocycles. The molecule has 1 unspecified atom stereocenters. The first-order chi connectivity index (χ1) is 12.9. The van der Waals surface area contributed by atoms with E-state index in [2.05, 4.69) is 26.1 Å². The summed E-state index contributed by atoms with van der Waals surface area (Å²) in [4.78, 5) is 38.6. The molecule has 0 rings (SSSR count). The van der Waals surface area contributed by atoms with Crippen molar-refractivity contribution in [3.63, 3.8) is 0 Å². The van der Waals surface area contributed by atoms with E-state index in [1.807, 2.05) is 11.8 Å². The van der Waals surface area contributed by atoms with Gasteiger partial charge in [0.2, 0.25) is 17.7 Å². The molecular formula is C21H41N3O3. The third-order valence-electron chi connectivity index (χ3n) is 4.91. The fourth-order valence-electron chi connectivity index (χ4n) is 2.95. The number of unbranched alkanes of at least 4 members (excludes halogenated alkanes) is 3. The second kappa shape index (κ2) is 15.6. The first-order valence-corrected chi connectivity index (χ1v) is 10.8. The molecular weight excluding hydrogens is 342 g/mol. The zero-order valence-corrected chi connectivity index (χ0v) is 17.9. The van der Waals surface area contributed by atoms with Crippen LogP contribution in [0.4, 0.5) is 0 Å². The minimum Gasteiger partial charge on any atom is -0.341 e. The lowest BCUT2D eigenvalue weighted by atomic mass is 9.98. The molecule has 2 atom stereocenters. The zero-order valence-electron chi connectivity index (χ0n) is 17.9. The predicted molar refractivity (Wildman–Crippen MR) is 110 cm³/mol. The SMILES string of the molecule is CCCCC(CC)C(=O)NC(=O)CC[C@H](N)C(=O)N(CCCC)CCCC. The molecule has 158 valence electrons. The van der Waals surface area contributed by atoms with Crippen molar-refractivity contribution in [3.8, 4) is 0 Å². The fourth-order valence-corrected chi connectivity index (χ4v) is 2.95. The minimum atomic E-state index is -0.693. The Kier molecular flexibility index (Phi) is 14.8. The maximum absolute atomic E-state index is 12.6. The van der Waals surface area contributed by atoms with Crippen molar-refractivity contribution >= 4 is 17.7 Å². The molecule has 6 heteroatoms. The molecule has 0 bridgehead atoms. The van der Waals surface area contributed by atoms with Crippen LogP contribution in [0.1, 0.15) is 91.9 Å². The van der Waals surface area contributed by atoms with E-state index in [4.69, 9.17) is 5.73 Å². The van der Waals surface area contributed by atoms with E-state index in [0.717, 1.165) is 51.4 Å². The largest absolute Gasteiger partial charge is 0.341 e. The Balaban J connectivity index is 4.46. The van der Waals surface area contributed by atoms with E-state index in [0.29, 0.717) is 13.1 Å². The highest BCUT2D eigenvalue weighted by Gasteiger charge is 2.22.